The second-order valence-corrected chi connectivity index (χ2v) is 7.74. The van der Waals surface area contributed by atoms with Crippen molar-refractivity contribution in [2.24, 2.45) is 5.92 Å². The van der Waals surface area contributed by atoms with E-state index >= 15 is 0 Å². The molecule has 0 N–H and O–H groups in total. The molecule has 124 valence electrons. The summed E-state index contributed by atoms with van der Waals surface area (Å²) in [6, 6.07) is 9.05. The first-order valence-corrected chi connectivity index (χ1v) is 9.97. The van der Waals surface area contributed by atoms with E-state index in [0.717, 1.165) is 12.5 Å². The Balaban J connectivity index is 1.64. The van der Waals surface area contributed by atoms with Crippen LogP contribution >= 0.6 is 11.8 Å². The zero-order valence-corrected chi connectivity index (χ0v) is 15.4. The van der Waals surface area contributed by atoms with Gasteiger partial charge in [-0.15, -0.1) is 11.8 Å². The lowest BCUT2D eigenvalue weighted by Gasteiger charge is -2.34. The lowest BCUT2D eigenvalue weighted by atomic mass is 10.1. The summed E-state index contributed by atoms with van der Waals surface area (Å²) in [7, 11) is 0. The van der Waals surface area contributed by atoms with Crippen molar-refractivity contribution in [2.45, 2.75) is 44.6 Å². The number of hydrogen-bond donors (Lipinski definition) is 0. The first-order chi connectivity index (χ1) is 10.7. The highest BCUT2D eigenvalue weighted by Gasteiger charge is 2.16. The van der Waals surface area contributed by atoms with Gasteiger partial charge in [-0.2, -0.15) is 0 Å². The smallest absolute Gasteiger partial charge is 0.0234 e. The fourth-order valence-corrected chi connectivity index (χ4v) is 3.46. The molecule has 0 atom stereocenters. The van der Waals surface area contributed by atoms with Gasteiger partial charge in [-0.25, -0.2) is 0 Å². The molecule has 0 aromatic heterocycles. The molecule has 3 heteroatoms. The highest BCUT2D eigenvalue weighted by atomic mass is 32.2. The van der Waals surface area contributed by atoms with Crippen LogP contribution in [0.1, 0.15) is 38.7 Å². The minimum atomic E-state index is 0.856. The van der Waals surface area contributed by atoms with Gasteiger partial charge in [-0.1, -0.05) is 38.8 Å². The molecule has 1 heterocycles. The zero-order valence-electron chi connectivity index (χ0n) is 14.6. The Bertz CT molecular complexity index is 408. The van der Waals surface area contributed by atoms with E-state index in [0.29, 0.717) is 0 Å². The van der Waals surface area contributed by atoms with Crippen molar-refractivity contribution in [1.29, 1.82) is 0 Å². The quantitative estimate of drug-likeness (QED) is 0.519. The van der Waals surface area contributed by atoms with Crippen LogP contribution in [0.25, 0.3) is 0 Å². The van der Waals surface area contributed by atoms with Crippen molar-refractivity contribution in [3.8, 4) is 0 Å². The van der Waals surface area contributed by atoms with Gasteiger partial charge in [-0.05, 0) is 42.8 Å². The SMILES string of the molecule is CSc1ccc(CN2CCN(CCCCC(C)C)CC2)cc1. The molecule has 22 heavy (non-hydrogen) atoms. The second-order valence-electron chi connectivity index (χ2n) is 6.86. The van der Waals surface area contributed by atoms with E-state index in [4.69, 9.17) is 0 Å². The van der Waals surface area contributed by atoms with Crippen LogP contribution in [-0.2, 0) is 6.54 Å². The summed E-state index contributed by atoms with van der Waals surface area (Å²) in [6.45, 7) is 12.0. The van der Waals surface area contributed by atoms with Gasteiger partial charge in [0.05, 0.1) is 0 Å². The van der Waals surface area contributed by atoms with Gasteiger partial charge in [0.2, 0.25) is 0 Å². The number of nitrogens with zero attached hydrogens (tertiary/aromatic N) is 2. The molecule has 0 amide bonds. The van der Waals surface area contributed by atoms with Crippen LogP contribution in [0.2, 0.25) is 0 Å². The Kier molecular flexibility index (Phi) is 7.77. The molecule has 2 nitrogen and oxygen atoms in total. The summed E-state index contributed by atoms with van der Waals surface area (Å²) in [6.07, 6.45) is 6.27. The monoisotopic (exact) mass is 320 g/mol. The lowest BCUT2D eigenvalue weighted by Crippen LogP contribution is -2.46. The van der Waals surface area contributed by atoms with Crippen LogP contribution in [0.3, 0.4) is 0 Å². The summed E-state index contributed by atoms with van der Waals surface area (Å²) in [5.41, 5.74) is 1.45. The molecule has 1 fully saturated rings. The van der Waals surface area contributed by atoms with Gasteiger partial charge in [0, 0.05) is 37.6 Å². The van der Waals surface area contributed by atoms with Gasteiger partial charge >= 0.3 is 0 Å². The first kappa shape index (κ1) is 17.8. The Morgan fingerprint density at radius 2 is 1.59 bits per heavy atom. The normalized spacial score (nSPS) is 17.3. The molecule has 0 saturated carbocycles. The van der Waals surface area contributed by atoms with Gasteiger partial charge in [-0.3, -0.25) is 4.90 Å². The van der Waals surface area contributed by atoms with Crippen molar-refractivity contribution < 1.29 is 0 Å². The third-order valence-corrected chi connectivity index (χ3v) is 5.28. The van der Waals surface area contributed by atoms with Crippen LogP contribution in [0.15, 0.2) is 29.2 Å². The van der Waals surface area contributed by atoms with E-state index in [-0.39, 0.29) is 0 Å². The van der Waals surface area contributed by atoms with Crippen LogP contribution in [0.4, 0.5) is 0 Å². The number of rotatable bonds is 8. The molecule has 1 aromatic rings. The Labute approximate surface area is 141 Å². The van der Waals surface area contributed by atoms with E-state index in [1.54, 1.807) is 0 Å². The summed E-state index contributed by atoms with van der Waals surface area (Å²) in [5.74, 6) is 0.856. The first-order valence-electron chi connectivity index (χ1n) is 8.75. The summed E-state index contributed by atoms with van der Waals surface area (Å²) < 4.78 is 0. The number of unbranched alkanes of at least 4 members (excludes halogenated alkanes) is 1. The average Bonchev–Trinajstić information content (AvgIpc) is 2.54. The number of thioether (sulfide) groups is 1. The molecule has 1 aliphatic rings. The van der Waals surface area contributed by atoms with Gasteiger partial charge in [0.15, 0.2) is 0 Å². The lowest BCUT2D eigenvalue weighted by molar-refractivity contribution is 0.125. The predicted molar refractivity (Wildman–Crippen MR) is 98.6 cm³/mol. The Morgan fingerprint density at radius 3 is 2.18 bits per heavy atom. The van der Waals surface area contributed by atoms with E-state index in [1.165, 1.54) is 62.4 Å². The minimum absolute atomic E-state index is 0.856. The number of benzene rings is 1. The van der Waals surface area contributed by atoms with Crippen LogP contribution in [0, 0.1) is 5.92 Å². The van der Waals surface area contributed by atoms with Gasteiger partial charge in [0.25, 0.3) is 0 Å². The fraction of sp³-hybridized carbons (Fsp3) is 0.684. The van der Waals surface area contributed by atoms with Crippen molar-refractivity contribution in [3.05, 3.63) is 29.8 Å². The molecule has 1 saturated heterocycles. The summed E-state index contributed by atoms with van der Waals surface area (Å²) >= 11 is 1.81. The van der Waals surface area contributed by atoms with E-state index in [9.17, 15) is 0 Å². The second kappa shape index (κ2) is 9.59. The van der Waals surface area contributed by atoms with E-state index in [2.05, 4.69) is 54.2 Å². The van der Waals surface area contributed by atoms with Crippen molar-refractivity contribution >= 4 is 11.8 Å². The van der Waals surface area contributed by atoms with E-state index < -0.39 is 0 Å². The third kappa shape index (κ3) is 6.31. The number of piperazine rings is 1. The third-order valence-electron chi connectivity index (χ3n) is 4.54. The summed E-state index contributed by atoms with van der Waals surface area (Å²) in [5, 5.41) is 0. The predicted octanol–water partition coefficient (Wildman–Crippen LogP) is 4.35. The molecular formula is C19H32N2S. The van der Waals surface area contributed by atoms with Gasteiger partial charge in [0.1, 0.15) is 0 Å². The molecule has 0 unspecified atom stereocenters. The van der Waals surface area contributed by atoms with E-state index in [1.807, 2.05) is 11.8 Å². The Hall–Kier alpha value is -0.510. The molecule has 0 radical (unpaired) electrons. The van der Waals surface area contributed by atoms with Crippen molar-refractivity contribution in [2.75, 3.05) is 39.0 Å². The maximum Gasteiger partial charge on any atom is 0.0234 e. The standard InChI is InChI=1S/C19H32N2S/c1-17(2)6-4-5-11-20-12-14-21(15-13-20)16-18-7-9-19(22-3)10-8-18/h7-10,17H,4-6,11-16H2,1-3H3. The molecular weight excluding hydrogens is 288 g/mol. The van der Waals surface area contributed by atoms with Crippen LogP contribution in [-0.4, -0.2) is 48.8 Å². The van der Waals surface area contributed by atoms with Crippen LogP contribution in [0.5, 0.6) is 0 Å². The molecule has 0 spiro atoms. The van der Waals surface area contributed by atoms with Crippen LogP contribution < -0.4 is 0 Å². The molecule has 1 aromatic carbocycles. The van der Waals surface area contributed by atoms with Gasteiger partial charge < -0.3 is 4.90 Å². The average molecular weight is 321 g/mol. The molecule has 0 aliphatic carbocycles. The molecule has 2 rings (SSSR count). The molecule has 1 aliphatic heterocycles. The maximum atomic E-state index is 2.65. The number of hydrogen-bond acceptors (Lipinski definition) is 3. The summed E-state index contributed by atoms with van der Waals surface area (Å²) in [4.78, 5) is 6.60. The van der Waals surface area contributed by atoms with Crippen molar-refractivity contribution in [1.82, 2.24) is 9.80 Å². The largest absolute Gasteiger partial charge is 0.301 e. The highest BCUT2D eigenvalue weighted by molar-refractivity contribution is 7.98. The topological polar surface area (TPSA) is 6.48 Å². The minimum Gasteiger partial charge on any atom is -0.301 e. The Morgan fingerprint density at radius 1 is 0.955 bits per heavy atom. The van der Waals surface area contributed by atoms with Crippen molar-refractivity contribution in [3.63, 3.8) is 0 Å². The molecule has 0 bridgehead atoms. The highest BCUT2D eigenvalue weighted by Crippen LogP contribution is 2.16. The zero-order chi connectivity index (χ0) is 15.8. The fourth-order valence-electron chi connectivity index (χ4n) is 3.05. The maximum absolute atomic E-state index is 2.65.